The van der Waals surface area contributed by atoms with Crippen molar-refractivity contribution in [3.8, 4) is 11.9 Å². The first-order valence-electron chi connectivity index (χ1n) is 8.10. The van der Waals surface area contributed by atoms with Gasteiger partial charge in [0.15, 0.2) is 0 Å². The minimum absolute atomic E-state index is 0.138. The van der Waals surface area contributed by atoms with E-state index in [1.165, 1.54) is 0 Å². The van der Waals surface area contributed by atoms with Gasteiger partial charge in [-0.05, 0) is 6.04 Å². The standard InChI is InChI=1S/C17H21N5O2Si/c1-23-16-7-14-12(9-20-16)13-10-19-15(8-18)21-17(13)22(14)11-24-5-6-25(2,3)4/h7,9-10H,5-6,11H2,1-4H3. The number of nitriles is 1. The molecule has 0 aliphatic heterocycles. The van der Waals surface area contributed by atoms with Gasteiger partial charge < -0.3 is 14.0 Å². The SMILES string of the molecule is COc1cc2c(cn1)c1cnc(C#N)nc1n2COCC[Si](C)(C)C. The largest absolute Gasteiger partial charge is 0.481 e. The van der Waals surface area contributed by atoms with Gasteiger partial charge in [0.2, 0.25) is 11.7 Å². The van der Waals surface area contributed by atoms with E-state index < -0.39 is 8.07 Å². The van der Waals surface area contributed by atoms with Crippen LogP contribution in [0.5, 0.6) is 5.88 Å². The number of methoxy groups -OCH3 is 1. The van der Waals surface area contributed by atoms with Crippen LogP contribution >= 0.6 is 0 Å². The summed E-state index contributed by atoms with van der Waals surface area (Å²) in [6.07, 6.45) is 3.40. The van der Waals surface area contributed by atoms with Crippen LogP contribution in [0.4, 0.5) is 0 Å². The van der Waals surface area contributed by atoms with Crippen LogP contribution in [-0.4, -0.2) is 41.3 Å². The van der Waals surface area contributed by atoms with Gasteiger partial charge in [0.25, 0.3) is 0 Å². The topological polar surface area (TPSA) is 85.9 Å². The Kier molecular flexibility index (Phi) is 4.70. The Labute approximate surface area is 147 Å². The normalized spacial score (nSPS) is 11.8. The molecule has 7 nitrogen and oxygen atoms in total. The molecule has 3 aromatic heterocycles. The van der Waals surface area contributed by atoms with Crippen molar-refractivity contribution in [2.45, 2.75) is 32.4 Å². The van der Waals surface area contributed by atoms with E-state index in [1.807, 2.05) is 16.7 Å². The molecule has 3 heterocycles. The molecule has 0 spiro atoms. The van der Waals surface area contributed by atoms with E-state index in [-0.39, 0.29) is 5.82 Å². The summed E-state index contributed by atoms with van der Waals surface area (Å²) < 4.78 is 13.1. The third-order valence-corrected chi connectivity index (χ3v) is 5.69. The first-order chi connectivity index (χ1) is 11.9. The fourth-order valence-electron chi connectivity index (χ4n) is 2.57. The molecule has 0 atom stereocenters. The van der Waals surface area contributed by atoms with Crippen LogP contribution in [0.15, 0.2) is 18.5 Å². The molecule has 0 aliphatic rings. The van der Waals surface area contributed by atoms with Crippen LogP contribution in [0.25, 0.3) is 21.9 Å². The number of aromatic nitrogens is 4. The van der Waals surface area contributed by atoms with Crippen molar-refractivity contribution in [3.63, 3.8) is 0 Å². The number of ether oxygens (including phenoxy) is 2. The maximum Gasteiger partial charge on any atom is 0.234 e. The molecule has 0 radical (unpaired) electrons. The van der Waals surface area contributed by atoms with Gasteiger partial charge in [-0.15, -0.1) is 0 Å². The number of hydrogen-bond acceptors (Lipinski definition) is 6. The molecule has 0 unspecified atom stereocenters. The molecule has 3 rings (SSSR count). The van der Waals surface area contributed by atoms with E-state index in [0.717, 1.165) is 22.3 Å². The van der Waals surface area contributed by atoms with Crippen molar-refractivity contribution in [2.75, 3.05) is 13.7 Å². The van der Waals surface area contributed by atoms with E-state index in [1.54, 1.807) is 19.5 Å². The van der Waals surface area contributed by atoms with Gasteiger partial charge in [-0.25, -0.2) is 15.0 Å². The lowest BCUT2D eigenvalue weighted by Crippen LogP contribution is -2.22. The highest BCUT2D eigenvalue weighted by molar-refractivity contribution is 6.76. The van der Waals surface area contributed by atoms with Crippen LogP contribution in [0.3, 0.4) is 0 Å². The number of nitrogens with zero attached hydrogens (tertiary/aromatic N) is 5. The molecule has 0 bridgehead atoms. The molecule has 0 amide bonds. The highest BCUT2D eigenvalue weighted by Gasteiger charge is 2.16. The minimum Gasteiger partial charge on any atom is -0.481 e. The molecule has 0 aliphatic carbocycles. The Morgan fingerprint density at radius 2 is 1.96 bits per heavy atom. The summed E-state index contributed by atoms with van der Waals surface area (Å²) in [5, 5.41) is 10.9. The minimum atomic E-state index is -1.15. The second kappa shape index (κ2) is 6.78. The van der Waals surface area contributed by atoms with E-state index in [9.17, 15) is 0 Å². The number of pyridine rings is 1. The van der Waals surface area contributed by atoms with E-state index >= 15 is 0 Å². The summed E-state index contributed by atoms with van der Waals surface area (Å²) in [6.45, 7) is 8.02. The van der Waals surface area contributed by atoms with Gasteiger partial charge in [-0.2, -0.15) is 5.26 Å². The van der Waals surface area contributed by atoms with Crippen molar-refractivity contribution >= 4 is 30.0 Å². The smallest absolute Gasteiger partial charge is 0.234 e. The zero-order chi connectivity index (χ0) is 18.0. The zero-order valence-corrected chi connectivity index (χ0v) is 15.9. The average molecular weight is 355 g/mol. The van der Waals surface area contributed by atoms with Crippen LogP contribution in [0.2, 0.25) is 25.7 Å². The van der Waals surface area contributed by atoms with Gasteiger partial charge in [0.1, 0.15) is 18.4 Å². The molecule has 0 N–H and O–H groups in total. The molecule has 130 valence electrons. The molecule has 0 aromatic carbocycles. The van der Waals surface area contributed by atoms with Crippen LogP contribution in [0.1, 0.15) is 5.82 Å². The van der Waals surface area contributed by atoms with Crippen molar-refractivity contribution in [2.24, 2.45) is 0 Å². The second-order valence-electron chi connectivity index (χ2n) is 7.06. The first kappa shape index (κ1) is 17.3. The van der Waals surface area contributed by atoms with Crippen LogP contribution in [0, 0.1) is 11.3 Å². The number of rotatable bonds is 6. The summed E-state index contributed by atoms with van der Waals surface area (Å²) in [6, 6.07) is 4.93. The Hall–Kier alpha value is -2.50. The van der Waals surface area contributed by atoms with Crippen molar-refractivity contribution in [3.05, 3.63) is 24.3 Å². The Morgan fingerprint density at radius 1 is 1.20 bits per heavy atom. The second-order valence-corrected chi connectivity index (χ2v) is 12.7. The average Bonchev–Trinajstić information content (AvgIpc) is 2.90. The van der Waals surface area contributed by atoms with Gasteiger partial charge in [0.05, 0.1) is 12.6 Å². The summed E-state index contributed by atoms with van der Waals surface area (Å²) in [7, 11) is 0.434. The molecular weight excluding hydrogens is 334 g/mol. The first-order valence-corrected chi connectivity index (χ1v) is 11.8. The predicted molar refractivity (Wildman–Crippen MR) is 98.2 cm³/mol. The zero-order valence-electron chi connectivity index (χ0n) is 14.9. The summed E-state index contributed by atoms with van der Waals surface area (Å²) >= 11 is 0. The van der Waals surface area contributed by atoms with Crippen LogP contribution in [-0.2, 0) is 11.5 Å². The van der Waals surface area contributed by atoms with Crippen LogP contribution < -0.4 is 4.74 Å². The molecule has 8 heteroatoms. The fourth-order valence-corrected chi connectivity index (χ4v) is 3.33. The third kappa shape index (κ3) is 3.62. The lowest BCUT2D eigenvalue weighted by Gasteiger charge is -2.16. The lowest BCUT2D eigenvalue weighted by atomic mass is 10.2. The quantitative estimate of drug-likeness (QED) is 0.499. The predicted octanol–water partition coefficient (Wildman–Crippen LogP) is 3.17. The molecule has 0 saturated heterocycles. The van der Waals surface area contributed by atoms with E-state index in [0.29, 0.717) is 24.9 Å². The van der Waals surface area contributed by atoms with Gasteiger partial charge in [-0.1, -0.05) is 19.6 Å². The number of fused-ring (bicyclic) bond motifs is 3. The highest BCUT2D eigenvalue weighted by atomic mass is 28.3. The van der Waals surface area contributed by atoms with Crippen molar-refractivity contribution in [1.82, 2.24) is 19.5 Å². The summed E-state index contributed by atoms with van der Waals surface area (Å²) in [5.41, 5.74) is 1.57. The fraction of sp³-hybridized carbons (Fsp3) is 0.412. The summed E-state index contributed by atoms with van der Waals surface area (Å²) in [4.78, 5) is 12.7. The number of hydrogen-bond donors (Lipinski definition) is 0. The third-order valence-electron chi connectivity index (χ3n) is 3.99. The lowest BCUT2D eigenvalue weighted by molar-refractivity contribution is 0.0925. The van der Waals surface area contributed by atoms with Crippen molar-refractivity contribution in [1.29, 1.82) is 5.26 Å². The van der Waals surface area contributed by atoms with Crippen molar-refractivity contribution < 1.29 is 9.47 Å². The molecular formula is C17H21N5O2Si. The Morgan fingerprint density at radius 3 is 2.64 bits per heavy atom. The maximum absolute atomic E-state index is 9.11. The Balaban J connectivity index is 2.03. The van der Waals surface area contributed by atoms with E-state index in [4.69, 9.17) is 14.7 Å². The molecule has 0 saturated carbocycles. The molecule has 25 heavy (non-hydrogen) atoms. The monoisotopic (exact) mass is 355 g/mol. The van der Waals surface area contributed by atoms with Gasteiger partial charge in [-0.3, -0.25) is 0 Å². The van der Waals surface area contributed by atoms with Gasteiger partial charge in [0, 0.05) is 43.9 Å². The van der Waals surface area contributed by atoms with Gasteiger partial charge >= 0.3 is 0 Å². The highest BCUT2D eigenvalue weighted by Crippen LogP contribution is 2.29. The summed E-state index contributed by atoms with van der Waals surface area (Å²) in [5.74, 6) is 0.658. The van der Waals surface area contributed by atoms with E-state index in [2.05, 4.69) is 34.6 Å². The Bertz CT molecular complexity index is 955. The molecule has 3 aromatic rings. The maximum atomic E-state index is 9.11. The molecule has 0 fully saturated rings.